The molecule has 0 aliphatic heterocycles. The smallest absolute Gasteiger partial charge is 0.253 e. The fourth-order valence-electron chi connectivity index (χ4n) is 2.19. The molecule has 2 aromatic rings. The Morgan fingerprint density at radius 3 is 2.50 bits per heavy atom. The molecule has 138 valence electrons. The summed E-state index contributed by atoms with van der Waals surface area (Å²) < 4.78 is 26.7. The van der Waals surface area contributed by atoms with Gasteiger partial charge in [0.15, 0.2) is 0 Å². The van der Waals surface area contributed by atoms with Crippen LogP contribution in [0.4, 0.5) is 20.2 Å². The van der Waals surface area contributed by atoms with E-state index in [1.807, 2.05) is 13.8 Å². The highest BCUT2D eigenvalue weighted by atomic mass is 19.1. The van der Waals surface area contributed by atoms with Gasteiger partial charge in [-0.1, -0.05) is 26.0 Å². The number of para-hydroxylation sites is 1. The lowest BCUT2D eigenvalue weighted by Gasteiger charge is -2.13. The van der Waals surface area contributed by atoms with Crippen molar-refractivity contribution in [3.05, 3.63) is 59.7 Å². The lowest BCUT2D eigenvalue weighted by atomic mass is 10.1. The molecule has 2 amide bonds. The van der Waals surface area contributed by atoms with E-state index in [0.717, 1.165) is 18.2 Å². The Morgan fingerprint density at radius 1 is 1.04 bits per heavy atom. The molecule has 3 N–H and O–H groups in total. The highest BCUT2D eigenvalue weighted by Crippen LogP contribution is 2.17. The molecule has 7 heteroatoms. The summed E-state index contributed by atoms with van der Waals surface area (Å²) in [7, 11) is 0. The van der Waals surface area contributed by atoms with Crippen molar-refractivity contribution in [2.24, 2.45) is 5.92 Å². The number of hydrogen-bond acceptors (Lipinski definition) is 3. The van der Waals surface area contributed by atoms with Gasteiger partial charge >= 0.3 is 0 Å². The number of amides is 2. The second-order valence-corrected chi connectivity index (χ2v) is 6.18. The second kappa shape index (κ2) is 8.94. The van der Waals surface area contributed by atoms with Crippen LogP contribution in [0.3, 0.4) is 0 Å². The van der Waals surface area contributed by atoms with Gasteiger partial charge in [-0.3, -0.25) is 9.59 Å². The predicted molar refractivity (Wildman–Crippen MR) is 97.1 cm³/mol. The van der Waals surface area contributed by atoms with Crippen LogP contribution in [0.5, 0.6) is 0 Å². The molecule has 0 bridgehead atoms. The van der Waals surface area contributed by atoms with Crippen molar-refractivity contribution in [2.45, 2.75) is 13.8 Å². The summed E-state index contributed by atoms with van der Waals surface area (Å²) in [6, 6.07) is 9.52. The topological polar surface area (TPSA) is 70.2 Å². The zero-order valence-electron chi connectivity index (χ0n) is 14.6. The van der Waals surface area contributed by atoms with E-state index >= 15 is 0 Å². The Labute approximate surface area is 150 Å². The summed E-state index contributed by atoms with van der Waals surface area (Å²) in [6.07, 6.45) is 0. The van der Waals surface area contributed by atoms with Gasteiger partial charge in [-0.15, -0.1) is 0 Å². The standard InChI is InChI=1S/C19H21F2N3O2/c1-12(2)10-23-19(26)14-5-3-4-6-16(14)24-18(25)11-22-17-9-13(20)7-8-15(17)21/h3-9,12,22H,10-11H2,1-2H3,(H,23,26)(H,24,25). The third-order valence-electron chi connectivity index (χ3n) is 3.48. The third kappa shape index (κ3) is 5.54. The van der Waals surface area contributed by atoms with Gasteiger partial charge < -0.3 is 16.0 Å². The van der Waals surface area contributed by atoms with Gasteiger partial charge in [0.1, 0.15) is 11.6 Å². The first-order valence-electron chi connectivity index (χ1n) is 8.23. The monoisotopic (exact) mass is 361 g/mol. The Balaban J connectivity index is 2.00. The lowest BCUT2D eigenvalue weighted by molar-refractivity contribution is -0.114. The molecule has 0 fully saturated rings. The minimum absolute atomic E-state index is 0.108. The van der Waals surface area contributed by atoms with Crippen molar-refractivity contribution in [3.8, 4) is 0 Å². The molecule has 0 aromatic heterocycles. The predicted octanol–water partition coefficient (Wildman–Crippen LogP) is 3.40. The van der Waals surface area contributed by atoms with E-state index in [0.29, 0.717) is 23.7 Å². The molecular weight excluding hydrogens is 340 g/mol. The van der Waals surface area contributed by atoms with Crippen molar-refractivity contribution in [3.63, 3.8) is 0 Å². The number of hydrogen-bond donors (Lipinski definition) is 3. The van der Waals surface area contributed by atoms with Crippen LogP contribution in [0.25, 0.3) is 0 Å². The van der Waals surface area contributed by atoms with Crippen LogP contribution < -0.4 is 16.0 Å². The summed E-state index contributed by atoms with van der Waals surface area (Å²) in [5.41, 5.74) is 0.571. The molecule has 0 atom stereocenters. The summed E-state index contributed by atoms with van der Waals surface area (Å²) >= 11 is 0. The Hall–Kier alpha value is -2.96. The molecule has 0 heterocycles. The number of nitrogens with one attached hydrogen (secondary N) is 3. The van der Waals surface area contributed by atoms with Crippen molar-refractivity contribution < 1.29 is 18.4 Å². The summed E-state index contributed by atoms with van der Waals surface area (Å²) in [5.74, 6) is -1.75. The molecule has 0 saturated heterocycles. The number of carbonyl (C=O) groups is 2. The van der Waals surface area contributed by atoms with Gasteiger partial charge in [0.2, 0.25) is 5.91 Å². The molecular formula is C19H21F2N3O2. The van der Waals surface area contributed by atoms with Crippen molar-refractivity contribution in [2.75, 3.05) is 23.7 Å². The maximum absolute atomic E-state index is 13.6. The molecule has 0 spiro atoms. The maximum atomic E-state index is 13.6. The van der Waals surface area contributed by atoms with Gasteiger partial charge in [0.25, 0.3) is 5.91 Å². The molecule has 26 heavy (non-hydrogen) atoms. The van der Waals surface area contributed by atoms with Crippen LogP contribution in [-0.2, 0) is 4.79 Å². The molecule has 2 rings (SSSR count). The quantitative estimate of drug-likeness (QED) is 0.708. The van der Waals surface area contributed by atoms with Gasteiger partial charge in [-0.2, -0.15) is 0 Å². The largest absolute Gasteiger partial charge is 0.374 e. The number of halogens is 2. The van der Waals surface area contributed by atoms with Crippen LogP contribution in [0.15, 0.2) is 42.5 Å². The highest BCUT2D eigenvalue weighted by Gasteiger charge is 2.13. The maximum Gasteiger partial charge on any atom is 0.253 e. The van der Waals surface area contributed by atoms with E-state index in [9.17, 15) is 18.4 Å². The lowest BCUT2D eigenvalue weighted by Crippen LogP contribution is -2.29. The fourth-order valence-corrected chi connectivity index (χ4v) is 2.19. The van der Waals surface area contributed by atoms with E-state index in [2.05, 4.69) is 16.0 Å². The van der Waals surface area contributed by atoms with Crippen LogP contribution >= 0.6 is 0 Å². The van der Waals surface area contributed by atoms with Crippen molar-refractivity contribution in [1.82, 2.24) is 5.32 Å². The normalized spacial score (nSPS) is 10.5. The Bertz CT molecular complexity index is 794. The number of benzene rings is 2. The first-order valence-corrected chi connectivity index (χ1v) is 8.23. The average molecular weight is 361 g/mol. The van der Waals surface area contributed by atoms with E-state index < -0.39 is 17.5 Å². The first-order chi connectivity index (χ1) is 12.4. The first kappa shape index (κ1) is 19.4. The van der Waals surface area contributed by atoms with Crippen LogP contribution in [0.1, 0.15) is 24.2 Å². The molecule has 2 aromatic carbocycles. The van der Waals surface area contributed by atoms with E-state index in [1.54, 1.807) is 24.3 Å². The third-order valence-corrected chi connectivity index (χ3v) is 3.48. The number of rotatable bonds is 7. The van der Waals surface area contributed by atoms with Gasteiger partial charge in [0.05, 0.1) is 23.5 Å². The summed E-state index contributed by atoms with van der Waals surface area (Å²) in [4.78, 5) is 24.3. The molecule has 0 unspecified atom stereocenters. The highest BCUT2D eigenvalue weighted by molar-refractivity contribution is 6.04. The molecule has 0 radical (unpaired) electrons. The SMILES string of the molecule is CC(C)CNC(=O)c1ccccc1NC(=O)CNc1cc(F)ccc1F. The van der Waals surface area contributed by atoms with E-state index in [-0.39, 0.29) is 18.1 Å². The average Bonchev–Trinajstić information content (AvgIpc) is 2.61. The van der Waals surface area contributed by atoms with Crippen LogP contribution in [0.2, 0.25) is 0 Å². The van der Waals surface area contributed by atoms with Crippen molar-refractivity contribution >= 4 is 23.2 Å². The molecule has 0 aliphatic carbocycles. The van der Waals surface area contributed by atoms with Gasteiger partial charge in [-0.05, 0) is 36.2 Å². The molecule has 5 nitrogen and oxygen atoms in total. The van der Waals surface area contributed by atoms with Gasteiger partial charge in [0, 0.05) is 6.54 Å². The zero-order chi connectivity index (χ0) is 19.1. The number of anilines is 2. The molecule has 0 aliphatic rings. The zero-order valence-corrected chi connectivity index (χ0v) is 14.6. The van der Waals surface area contributed by atoms with E-state index in [1.165, 1.54) is 0 Å². The summed E-state index contributed by atoms with van der Waals surface area (Å²) in [5, 5.41) is 7.93. The van der Waals surface area contributed by atoms with Gasteiger partial charge in [-0.25, -0.2) is 8.78 Å². The van der Waals surface area contributed by atoms with Crippen LogP contribution in [0, 0.1) is 17.6 Å². The number of carbonyl (C=O) groups excluding carboxylic acids is 2. The molecule has 0 saturated carbocycles. The minimum Gasteiger partial charge on any atom is -0.374 e. The van der Waals surface area contributed by atoms with E-state index in [4.69, 9.17) is 0 Å². The minimum atomic E-state index is -0.660. The Morgan fingerprint density at radius 2 is 1.77 bits per heavy atom. The van der Waals surface area contributed by atoms with Crippen LogP contribution in [-0.4, -0.2) is 24.9 Å². The van der Waals surface area contributed by atoms with Crippen molar-refractivity contribution in [1.29, 1.82) is 0 Å². The Kier molecular flexibility index (Phi) is 6.66. The second-order valence-electron chi connectivity index (χ2n) is 6.18. The summed E-state index contributed by atoms with van der Waals surface area (Å²) in [6.45, 7) is 4.19. The fraction of sp³-hybridized carbons (Fsp3) is 0.263.